The number of halogens is 2. The van der Waals surface area contributed by atoms with Crippen LogP contribution in [0.2, 0.25) is 0 Å². The predicted molar refractivity (Wildman–Crippen MR) is 75.8 cm³/mol. The van der Waals surface area contributed by atoms with Gasteiger partial charge in [0.25, 0.3) is 0 Å². The summed E-state index contributed by atoms with van der Waals surface area (Å²) in [6, 6.07) is 5.56. The summed E-state index contributed by atoms with van der Waals surface area (Å²) in [5.74, 6) is -3.39. The van der Waals surface area contributed by atoms with Crippen LogP contribution in [0.25, 0.3) is 0 Å². The molecule has 0 spiro atoms. The van der Waals surface area contributed by atoms with Crippen molar-refractivity contribution in [2.75, 3.05) is 24.5 Å². The molecule has 0 fully saturated rings. The number of rotatable bonds is 8. The second-order valence-electron chi connectivity index (χ2n) is 4.43. The number of sulfone groups is 1. The van der Waals surface area contributed by atoms with Crippen LogP contribution in [0.15, 0.2) is 29.2 Å². The third kappa shape index (κ3) is 4.14. The maximum Gasteiger partial charge on any atom is 0.341 e. The molecule has 0 atom stereocenters. The van der Waals surface area contributed by atoms with Crippen molar-refractivity contribution in [1.29, 1.82) is 0 Å². The second kappa shape index (κ2) is 7.54. The van der Waals surface area contributed by atoms with Crippen molar-refractivity contribution < 1.29 is 17.2 Å². The van der Waals surface area contributed by atoms with Crippen LogP contribution in [-0.4, -0.2) is 33.8 Å². The van der Waals surface area contributed by atoms with Crippen LogP contribution in [0, 0.1) is 0 Å². The van der Waals surface area contributed by atoms with Crippen molar-refractivity contribution in [3.63, 3.8) is 0 Å². The van der Waals surface area contributed by atoms with Gasteiger partial charge in [-0.1, -0.05) is 6.92 Å². The first kappa shape index (κ1) is 16.8. The fourth-order valence-electron chi connectivity index (χ4n) is 1.87. The van der Waals surface area contributed by atoms with Gasteiger partial charge in [0, 0.05) is 18.8 Å². The van der Waals surface area contributed by atoms with E-state index in [1.54, 1.807) is 12.1 Å². The highest BCUT2D eigenvalue weighted by atomic mass is 32.2. The summed E-state index contributed by atoms with van der Waals surface area (Å²) < 4.78 is 47.5. The first-order valence-corrected chi connectivity index (χ1v) is 8.05. The molecule has 0 unspecified atom stereocenters. The standard InChI is InChI=1S/C13H20F2N2O2S/c1-2-9-17(10-3-8-16)11-4-6-12(7-5-11)20(18,19)13(14)15/h4-7,13H,2-3,8-10,16H2,1H3. The number of hydrogen-bond donors (Lipinski definition) is 1. The number of benzene rings is 1. The molecule has 0 radical (unpaired) electrons. The van der Waals surface area contributed by atoms with E-state index >= 15 is 0 Å². The SMILES string of the molecule is CCCN(CCCN)c1ccc(S(=O)(=O)C(F)F)cc1. The van der Waals surface area contributed by atoms with Gasteiger partial charge >= 0.3 is 5.76 Å². The summed E-state index contributed by atoms with van der Waals surface area (Å²) in [6.45, 7) is 4.16. The second-order valence-corrected chi connectivity index (χ2v) is 6.35. The van der Waals surface area contributed by atoms with E-state index in [0.29, 0.717) is 6.54 Å². The lowest BCUT2D eigenvalue weighted by Gasteiger charge is -2.24. The van der Waals surface area contributed by atoms with Crippen LogP contribution >= 0.6 is 0 Å². The third-order valence-electron chi connectivity index (χ3n) is 2.89. The number of nitrogens with zero attached hydrogens (tertiary/aromatic N) is 1. The summed E-state index contributed by atoms with van der Waals surface area (Å²) in [6.07, 6.45) is 1.75. The maximum absolute atomic E-state index is 12.4. The zero-order valence-corrected chi connectivity index (χ0v) is 12.2. The smallest absolute Gasteiger partial charge is 0.341 e. The molecular formula is C13H20F2N2O2S. The Morgan fingerprint density at radius 1 is 1.20 bits per heavy atom. The molecule has 114 valence electrons. The van der Waals surface area contributed by atoms with E-state index in [4.69, 9.17) is 5.73 Å². The average Bonchev–Trinajstić information content (AvgIpc) is 2.43. The Morgan fingerprint density at radius 2 is 1.80 bits per heavy atom. The Hall–Kier alpha value is -1.21. The van der Waals surface area contributed by atoms with E-state index in [1.165, 1.54) is 12.1 Å². The fourth-order valence-corrected chi connectivity index (χ4v) is 2.59. The number of nitrogens with two attached hydrogens (primary N) is 1. The van der Waals surface area contributed by atoms with E-state index in [0.717, 1.165) is 31.6 Å². The summed E-state index contributed by atoms with van der Waals surface area (Å²) in [4.78, 5) is 1.71. The molecule has 4 nitrogen and oxygen atoms in total. The summed E-state index contributed by atoms with van der Waals surface area (Å²) in [5, 5.41) is 0. The largest absolute Gasteiger partial charge is 0.371 e. The minimum Gasteiger partial charge on any atom is -0.371 e. The van der Waals surface area contributed by atoms with Gasteiger partial charge in [-0.05, 0) is 43.7 Å². The van der Waals surface area contributed by atoms with Crippen LogP contribution in [0.5, 0.6) is 0 Å². The van der Waals surface area contributed by atoms with Crippen molar-refractivity contribution in [2.45, 2.75) is 30.4 Å². The molecule has 0 aliphatic rings. The average molecular weight is 306 g/mol. The van der Waals surface area contributed by atoms with Crippen LogP contribution in [-0.2, 0) is 9.84 Å². The molecule has 0 saturated heterocycles. The Bertz CT molecular complexity index is 504. The van der Waals surface area contributed by atoms with Gasteiger partial charge in [0.15, 0.2) is 0 Å². The molecule has 1 rings (SSSR count). The lowest BCUT2D eigenvalue weighted by Crippen LogP contribution is -2.26. The molecule has 0 bridgehead atoms. The van der Waals surface area contributed by atoms with E-state index in [2.05, 4.69) is 4.90 Å². The van der Waals surface area contributed by atoms with Gasteiger partial charge in [-0.25, -0.2) is 8.42 Å². The summed E-state index contributed by atoms with van der Waals surface area (Å²) >= 11 is 0. The summed E-state index contributed by atoms with van der Waals surface area (Å²) in [5.41, 5.74) is 6.29. The predicted octanol–water partition coefficient (Wildman–Crippen LogP) is 2.25. The number of alkyl halides is 2. The molecule has 20 heavy (non-hydrogen) atoms. The molecule has 7 heteroatoms. The molecule has 1 aromatic carbocycles. The number of anilines is 1. The quantitative estimate of drug-likeness (QED) is 0.800. The van der Waals surface area contributed by atoms with Crippen LogP contribution in [0.1, 0.15) is 19.8 Å². The fraction of sp³-hybridized carbons (Fsp3) is 0.538. The molecule has 0 heterocycles. The maximum atomic E-state index is 12.4. The van der Waals surface area contributed by atoms with E-state index in [9.17, 15) is 17.2 Å². The van der Waals surface area contributed by atoms with Crippen molar-refractivity contribution in [2.24, 2.45) is 5.73 Å². The van der Waals surface area contributed by atoms with Gasteiger partial charge in [-0.3, -0.25) is 0 Å². The van der Waals surface area contributed by atoms with Crippen LogP contribution < -0.4 is 10.6 Å². The lowest BCUT2D eigenvalue weighted by atomic mass is 10.2. The normalized spacial score (nSPS) is 11.8. The first-order chi connectivity index (χ1) is 9.43. The molecule has 1 aromatic rings. The Kier molecular flexibility index (Phi) is 6.35. The molecular weight excluding hydrogens is 286 g/mol. The Morgan fingerprint density at radius 3 is 2.25 bits per heavy atom. The van der Waals surface area contributed by atoms with Crippen molar-refractivity contribution in [3.8, 4) is 0 Å². The van der Waals surface area contributed by atoms with Gasteiger partial charge in [0.05, 0.1) is 4.90 Å². The zero-order chi connectivity index (χ0) is 15.2. The highest BCUT2D eigenvalue weighted by molar-refractivity contribution is 7.91. The van der Waals surface area contributed by atoms with Gasteiger partial charge in [0.1, 0.15) is 0 Å². The molecule has 0 aliphatic heterocycles. The first-order valence-electron chi connectivity index (χ1n) is 6.50. The molecule has 0 aromatic heterocycles. The third-order valence-corrected chi connectivity index (χ3v) is 4.29. The molecule has 0 amide bonds. The minimum atomic E-state index is -4.52. The highest BCUT2D eigenvalue weighted by Crippen LogP contribution is 2.22. The minimum absolute atomic E-state index is 0.355. The van der Waals surface area contributed by atoms with Crippen molar-refractivity contribution in [1.82, 2.24) is 0 Å². The molecule has 0 aliphatic carbocycles. The summed E-state index contributed by atoms with van der Waals surface area (Å²) in [7, 11) is -4.52. The van der Waals surface area contributed by atoms with Crippen LogP contribution in [0.4, 0.5) is 14.5 Å². The van der Waals surface area contributed by atoms with Gasteiger partial charge in [-0.2, -0.15) is 8.78 Å². The van der Waals surface area contributed by atoms with Gasteiger partial charge in [-0.15, -0.1) is 0 Å². The Labute approximate surface area is 118 Å². The van der Waals surface area contributed by atoms with Crippen LogP contribution in [0.3, 0.4) is 0 Å². The van der Waals surface area contributed by atoms with E-state index in [1.807, 2.05) is 6.92 Å². The number of hydrogen-bond acceptors (Lipinski definition) is 4. The van der Waals surface area contributed by atoms with Gasteiger partial charge in [0.2, 0.25) is 9.84 Å². The molecule has 0 saturated carbocycles. The lowest BCUT2D eigenvalue weighted by molar-refractivity contribution is 0.234. The monoisotopic (exact) mass is 306 g/mol. The Balaban J connectivity index is 2.93. The van der Waals surface area contributed by atoms with Crippen molar-refractivity contribution >= 4 is 15.5 Å². The highest BCUT2D eigenvalue weighted by Gasteiger charge is 2.26. The topological polar surface area (TPSA) is 63.4 Å². The van der Waals surface area contributed by atoms with E-state index < -0.39 is 15.6 Å². The van der Waals surface area contributed by atoms with E-state index in [-0.39, 0.29) is 4.90 Å². The van der Waals surface area contributed by atoms with Gasteiger partial charge < -0.3 is 10.6 Å². The zero-order valence-electron chi connectivity index (χ0n) is 11.4. The van der Waals surface area contributed by atoms with Crippen molar-refractivity contribution in [3.05, 3.63) is 24.3 Å². The molecule has 2 N–H and O–H groups in total.